The smallest absolute Gasteiger partial charge is 0.281 e. The molecule has 14 heavy (non-hydrogen) atoms. The minimum atomic E-state index is -3.23. The number of nitrogens with two attached hydrogens (primary N) is 1. The summed E-state index contributed by atoms with van der Waals surface area (Å²) >= 11 is 0. The molecule has 86 valence electrons. The van der Waals surface area contributed by atoms with E-state index >= 15 is 0 Å². The number of hydrogen-bond acceptors (Lipinski definition) is 3. The minimum absolute atomic E-state index is 0.556. The van der Waals surface area contributed by atoms with Gasteiger partial charge in [-0.1, -0.05) is 6.42 Å². The van der Waals surface area contributed by atoms with E-state index in [9.17, 15) is 8.42 Å². The summed E-state index contributed by atoms with van der Waals surface area (Å²) < 4.78 is 25.6. The minimum Gasteiger partial charge on any atom is -0.330 e. The first-order valence-corrected chi connectivity index (χ1v) is 6.16. The van der Waals surface area contributed by atoms with Gasteiger partial charge in [0.25, 0.3) is 10.2 Å². The van der Waals surface area contributed by atoms with E-state index < -0.39 is 10.2 Å². The number of hydrogen-bond donors (Lipinski definition) is 1. The van der Waals surface area contributed by atoms with E-state index in [4.69, 9.17) is 5.73 Å². The number of nitrogens with zero attached hydrogens (tertiary/aromatic N) is 2. The Morgan fingerprint density at radius 3 is 2.07 bits per heavy atom. The zero-order valence-electron chi connectivity index (χ0n) is 9.23. The highest BCUT2D eigenvalue weighted by molar-refractivity contribution is 7.86. The van der Waals surface area contributed by atoms with Crippen molar-refractivity contribution in [2.45, 2.75) is 19.3 Å². The van der Waals surface area contributed by atoms with Gasteiger partial charge in [-0.3, -0.25) is 0 Å². The molecule has 0 rings (SSSR count). The van der Waals surface area contributed by atoms with Crippen LogP contribution in [0.15, 0.2) is 0 Å². The second-order valence-corrected chi connectivity index (χ2v) is 5.71. The molecule has 2 N–H and O–H groups in total. The molecule has 0 unspecified atom stereocenters. The van der Waals surface area contributed by atoms with Crippen LogP contribution in [0.3, 0.4) is 0 Å². The second-order valence-electron chi connectivity index (χ2n) is 3.46. The van der Waals surface area contributed by atoms with Crippen LogP contribution in [-0.4, -0.2) is 51.3 Å². The van der Waals surface area contributed by atoms with E-state index in [0.717, 1.165) is 19.3 Å². The van der Waals surface area contributed by atoms with Gasteiger partial charge in [-0.2, -0.15) is 17.0 Å². The maximum absolute atomic E-state index is 11.5. The van der Waals surface area contributed by atoms with Crippen molar-refractivity contribution in [2.75, 3.05) is 34.2 Å². The van der Waals surface area contributed by atoms with Crippen molar-refractivity contribution in [2.24, 2.45) is 5.73 Å². The molecule has 0 aliphatic rings. The van der Waals surface area contributed by atoms with Crippen LogP contribution < -0.4 is 5.73 Å². The first-order chi connectivity index (χ1) is 6.42. The van der Waals surface area contributed by atoms with Crippen molar-refractivity contribution in [3.05, 3.63) is 0 Å². The molecule has 0 radical (unpaired) electrons. The van der Waals surface area contributed by atoms with Crippen LogP contribution in [0, 0.1) is 0 Å². The Balaban J connectivity index is 3.90. The normalized spacial score (nSPS) is 12.7. The van der Waals surface area contributed by atoms with Crippen molar-refractivity contribution < 1.29 is 8.42 Å². The predicted molar refractivity (Wildman–Crippen MR) is 58.1 cm³/mol. The van der Waals surface area contributed by atoms with Crippen LogP contribution in [0.5, 0.6) is 0 Å². The maximum Gasteiger partial charge on any atom is 0.281 e. The topological polar surface area (TPSA) is 66.6 Å². The highest BCUT2D eigenvalue weighted by atomic mass is 32.2. The zero-order chi connectivity index (χ0) is 11.2. The van der Waals surface area contributed by atoms with E-state index in [0.29, 0.717) is 13.1 Å². The van der Waals surface area contributed by atoms with E-state index in [-0.39, 0.29) is 0 Å². The second kappa shape index (κ2) is 6.34. The molecule has 0 saturated carbocycles. The van der Waals surface area contributed by atoms with E-state index in [1.165, 1.54) is 22.7 Å². The third-order valence-corrected chi connectivity index (χ3v) is 3.93. The average molecular weight is 223 g/mol. The Kier molecular flexibility index (Phi) is 6.26. The SMILES string of the molecule is CN(C)S(=O)(=O)N(C)CCCCCN. The van der Waals surface area contributed by atoms with Crippen molar-refractivity contribution >= 4 is 10.2 Å². The molecule has 5 nitrogen and oxygen atoms in total. The van der Waals surface area contributed by atoms with Gasteiger partial charge >= 0.3 is 0 Å². The molecule has 0 heterocycles. The summed E-state index contributed by atoms with van der Waals surface area (Å²) in [5.41, 5.74) is 5.34. The summed E-state index contributed by atoms with van der Waals surface area (Å²) in [6.07, 6.45) is 2.79. The lowest BCUT2D eigenvalue weighted by atomic mass is 10.2. The molecule has 0 amide bonds. The molecule has 0 spiro atoms. The van der Waals surface area contributed by atoms with E-state index in [1.54, 1.807) is 7.05 Å². The fourth-order valence-corrected chi connectivity index (χ4v) is 1.97. The van der Waals surface area contributed by atoms with Gasteiger partial charge in [0.2, 0.25) is 0 Å². The summed E-state index contributed by atoms with van der Waals surface area (Å²) in [5, 5.41) is 0. The van der Waals surface area contributed by atoms with Crippen molar-refractivity contribution in [3.8, 4) is 0 Å². The maximum atomic E-state index is 11.5. The Bertz CT molecular complexity index is 239. The molecule has 0 aliphatic heterocycles. The lowest BCUT2D eigenvalue weighted by Crippen LogP contribution is -2.37. The number of rotatable bonds is 7. The third kappa shape index (κ3) is 4.36. The van der Waals surface area contributed by atoms with Gasteiger partial charge in [-0.15, -0.1) is 0 Å². The Labute approximate surface area is 87.0 Å². The predicted octanol–water partition coefficient (Wildman–Crippen LogP) is -0.146. The molecular formula is C8H21N3O2S. The monoisotopic (exact) mass is 223 g/mol. The van der Waals surface area contributed by atoms with Crippen LogP contribution >= 0.6 is 0 Å². The van der Waals surface area contributed by atoms with Gasteiger partial charge in [-0.25, -0.2) is 0 Å². The van der Waals surface area contributed by atoms with E-state index in [1.807, 2.05) is 0 Å². The Morgan fingerprint density at radius 2 is 1.64 bits per heavy atom. The lowest BCUT2D eigenvalue weighted by Gasteiger charge is -2.21. The van der Waals surface area contributed by atoms with Crippen LogP contribution in [0.2, 0.25) is 0 Å². The highest BCUT2D eigenvalue weighted by Gasteiger charge is 2.19. The van der Waals surface area contributed by atoms with Crippen LogP contribution in [0.25, 0.3) is 0 Å². The first kappa shape index (κ1) is 13.8. The summed E-state index contributed by atoms with van der Waals surface area (Å²) in [7, 11) is 1.43. The highest BCUT2D eigenvalue weighted by Crippen LogP contribution is 2.03. The molecule has 0 aromatic heterocycles. The molecular weight excluding hydrogens is 202 g/mol. The van der Waals surface area contributed by atoms with Crippen molar-refractivity contribution in [3.63, 3.8) is 0 Å². The Hall–Kier alpha value is -0.170. The van der Waals surface area contributed by atoms with E-state index in [2.05, 4.69) is 0 Å². The average Bonchev–Trinajstić information content (AvgIpc) is 2.11. The molecule has 0 aromatic rings. The third-order valence-electron chi connectivity index (χ3n) is 2.03. The summed E-state index contributed by atoms with van der Waals surface area (Å²) in [4.78, 5) is 0. The summed E-state index contributed by atoms with van der Waals surface area (Å²) in [6.45, 7) is 1.23. The van der Waals surface area contributed by atoms with Crippen molar-refractivity contribution in [1.29, 1.82) is 0 Å². The van der Waals surface area contributed by atoms with Gasteiger partial charge in [0.05, 0.1) is 0 Å². The fraction of sp³-hybridized carbons (Fsp3) is 1.00. The summed E-state index contributed by atoms with van der Waals surface area (Å²) in [6, 6.07) is 0. The molecule has 0 fully saturated rings. The molecule has 0 atom stereocenters. The van der Waals surface area contributed by atoms with Crippen LogP contribution in [0.4, 0.5) is 0 Å². The van der Waals surface area contributed by atoms with Gasteiger partial charge in [0.15, 0.2) is 0 Å². The van der Waals surface area contributed by atoms with Crippen LogP contribution in [0.1, 0.15) is 19.3 Å². The van der Waals surface area contributed by atoms with Gasteiger partial charge in [0.1, 0.15) is 0 Å². The summed E-state index contributed by atoms with van der Waals surface area (Å²) in [5.74, 6) is 0. The molecule has 0 bridgehead atoms. The standard InChI is InChI=1S/C8H21N3O2S/c1-10(2)14(12,13)11(3)8-6-4-5-7-9/h4-9H2,1-3H3. The lowest BCUT2D eigenvalue weighted by molar-refractivity contribution is 0.408. The first-order valence-electron chi connectivity index (χ1n) is 4.76. The van der Waals surface area contributed by atoms with Gasteiger partial charge in [0, 0.05) is 27.7 Å². The molecule has 0 saturated heterocycles. The molecule has 0 aromatic carbocycles. The zero-order valence-corrected chi connectivity index (χ0v) is 10.0. The van der Waals surface area contributed by atoms with Crippen LogP contribution in [-0.2, 0) is 10.2 Å². The van der Waals surface area contributed by atoms with Gasteiger partial charge in [-0.05, 0) is 19.4 Å². The fourth-order valence-electron chi connectivity index (χ4n) is 1.05. The number of unbranched alkanes of at least 4 members (excludes halogenated alkanes) is 2. The molecule has 6 heteroatoms. The molecule has 0 aliphatic carbocycles. The largest absolute Gasteiger partial charge is 0.330 e. The van der Waals surface area contributed by atoms with Crippen molar-refractivity contribution in [1.82, 2.24) is 8.61 Å². The van der Waals surface area contributed by atoms with Gasteiger partial charge < -0.3 is 5.73 Å². The Morgan fingerprint density at radius 1 is 1.07 bits per heavy atom. The quantitative estimate of drug-likeness (QED) is 0.611.